The molecule has 0 heterocycles. The molecule has 26 heavy (non-hydrogen) atoms. The van der Waals surface area contributed by atoms with Crippen molar-refractivity contribution >= 4 is 51.2 Å². The second-order valence-electron chi connectivity index (χ2n) is 5.07. The quantitative estimate of drug-likeness (QED) is 0.364. The molecule has 7 nitrogen and oxygen atoms in total. The summed E-state index contributed by atoms with van der Waals surface area (Å²) >= 11 is 9.04. The van der Waals surface area contributed by atoms with Crippen molar-refractivity contribution in [1.82, 2.24) is 5.43 Å². The van der Waals surface area contributed by atoms with Crippen molar-refractivity contribution in [2.24, 2.45) is 5.10 Å². The smallest absolute Gasteiger partial charge is 0.249 e. The predicted octanol–water partition coefficient (Wildman–Crippen LogP) is 3.30. The molecule has 0 aliphatic rings. The summed E-state index contributed by atoms with van der Waals surface area (Å²) < 4.78 is 5.69. The van der Waals surface area contributed by atoms with Crippen LogP contribution >= 0.6 is 27.5 Å². The van der Waals surface area contributed by atoms with Crippen LogP contribution in [0, 0.1) is 0 Å². The van der Waals surface area contributed by atoms with Crippen LogP contribution in [0.1, 0.15) is 12.0 Å². The number of aromatic hydroxyl groups is 1. The van der Waals surface area contributed by atoms with Gasteiger partial charge in [0, 0.05) is 20.7 Å². The number of hydrogen-bond acceptors (Lipinski definition) is 5. The van der Waals surface area contributed by atoms with Crippen LogP contribution in [0.2, 0.25) is 5.02 Å². The van der Waals surface area contributed by atoms with E-state index < -0.39 is 18.2 Å². The summed E-state index contributed by atoms with van der Waals surface area (Å²) in [6.07, 6.45) is 0.839. The number of anilines is 1. The van der Waals surface area contributed by atoms with Gasteiger partial charge in [-0.1, -0.05) is 27.5 Å². The van der Waals surface area contributed by atoms with Gasteiger partial charge in [-0.3, -0.25) is 9.59 Å². The monoisotopic (exact) mass is 439 g/mol. The van der Waals surface area contributed by atoms with Crippen LogP contribution in [0.25, 0.3) is 0 Å². The van der Waals surface area contributed by atoms with Crippen molar-refractivity contribution in [3.8, 4) is 11.5 Å². The molecule has 0 atom stereocenters. The van der Waals surface area contributed by atoms with E-state index in [1.54, 1.807) is 36.4 Å². The van der Waals surface area contributed by atoms with Gasteiger partial charge in [-0.25, -0.2) is 5.43 Å². The Hall–Kier alpha value is -2.58. The number of phenols is 1. The molecule has 3 N–H and O–H groups in total. The van der Waals surface area contributed by atoms with Crippen LogP contribution in [0.4, 0.5) is 5.69 Å². The summed E-state index contributed by atoms with van der Waals surface area (Å²) in [5.74, 6) is -0.954. The molecule has 9 heteroatoms. The zero-order valence-corrected chi connectivity index (χ0v) is 16.0. The van der Waals surface area contributed by atoms with Crippen LogP contribution < -0.4 is 15.5 Å². The Balaban J connectivity index is 1.90. The van der Waals surface area contributed by atoms with Gasteiger partial charge in [-0.15, -0.1) is 0 Å². The minimum atomic E-state index is -0.603. The number of phenolic OH excluding ortho intramolecular Hbond substituents is 1. The van der Waals surface area contributed by atoms with E-state index in [9.17, 15) is 14.7 Å². The van der Waals surface area contributed by atoms with Gasteiger partial charge in [0.1, 0.15) is 6.42 Å². The first-order chi connectivity index (χ1) is 12.4. The summed E-state index contributed by atoms with van der Waals surface area (Å²) in [4.78, 5) is 23.6. The number of methoxy groups -OCH3 is 1. The fraction of sp³-hybridized carbons (Fsp3) is 0.118. The molecule has 0 aliphatic carbocycles. The molecule has 2 rings (SSSR count). The molecule has 0 aromatic heterocycles. The highest BCUT2D eigenvalue weighted by molar-refractivity contribution is 9.10. The number of hydrazone groups is 1. The third kappa shape index (κ3) is 5.75. The summed E-state index contributed by atoms with van der Waals surface area (Å²) in [5, 5.41) is 16.8. The SMILES string of the molecule is COc1cc(Br)cc(C=NNC(=O)CC(=O)Nc2ccc(Cl)cc2)c1O. The van der Waals surface area contributed by atoms with Crippen molar-refractivity contribution < 1.29 is 19.4 Å². The zero-order chi connectivity index (χ0) is 19.1. The van der Waals surface area contributed by atoms with Crippen LogP contribution in [0.15, 0.2) is 46.0 Å². The van der Waals surface area contributed by atoms with E-state index in [0.717, 1.165) is 0 Å². The minimum absolute atomic E-state index is 0.116. The maximum atomic E-state index is 11.8. The number of hydrogen-bond donors (Lipinski definition) is 3. The van der Waals surface area contributed by atoms with Crippen LogP contribution in [-0.4, -0.2) is 30.2 Å². The number of rotatable bonds is 6. The number of carbonyl (C=O) groups excluding carboxylic acids is 2. The summed E-state index contributed by atoms with van der Waals surface area (Å²) in [5.41, 5.74) is 3.09. The third-order valence-electron chi connectivity index (χ3n) is 3.13. The third-order valence-corrected chi connectivity index (χ3v) is 3.84. The fourth-order valence-corrected chi connectivity index (χ4v) is 2.53. The maximum Gasteiger partial charge on any atom is 0.249 e. The molecule has 0 bridgehead atoms. The number of ether oxygens (including phenoxy) is 1. The summed E-state index contributed by atoms with van der Waals surface area (Å²) in [6.45, 7) is 0. The standard InChI is InChI=1S/C17H15BrClN3O4/c1-26-14-7-11(18)6-10(17(14)25)9-20-22-16(24)8-15(23)21-13-4-2-12(19)3-5-13/h2-7,9,25H,8H2,1H3,(H,21,23)(H,22,24). The van der Waals surface area contributed by atoms with Gasteiger partial charge < -0.3 is 15.2 Å². The molecule has 0 aliphatic heterocycles. The van der Waals surface area contributed by atoms with E-state index in [1.165, 1.54) is 13.3 Å². The molecule has 2 aromatic carbocycles. The lowest BCUT2D eigenvalue weighted by molar-refractivity contribution is -0.126. The lowest BCUT2D eigenvalue weighted by Crippen LogP contribution is -2.24. The van der Waals surface area contributed by atoms with Gasteiger partial charge in [-0.2, -0.15) is 5.10 Å². The maximum absolute atomic E-state index is 11.8. The van der Waals surface area contributed by atoms with E-state index in [2.05, 4.69) is 31.8 Å². The van der Waals surface area contributed by atoms with Crippen molar-refractivity contribution in [2.75, 3.05) is 12.4 Å². The van der Waals surface area contributed by atoms with E-state index in [-0.39, 0.29) is 11.5 Å². The molecule has 2 aromatic rings. The van der Waals surface area contributed by atoms with Crippen LogP contribution in [0.3, 0.4) is 0 Å². The Kier molecular flexibility index (Phi) is 6.99. The van der Waals surface area contributed by atoms with Crippen molar-refractivity contribution in [3.05, 3.63) is 51.5 Å². The highest BCUT2D eigenvalue weighted by Gasteiger charge is 2.10. The van der Waals surface area contributed by atoms with Crippen molar-refractivity contribution in [1.29, 1.82) is 0 Å². The fourth-order valence-electron chi connectivity index (χ4n) is 1.95. The normalized spacial score (nSPS) is 10.6. The lowest BCUT2D eigenvalue weighted by Gasteiger charge is -2.07. The number of halogens is 2. The van der Waals surface area contributed by atoms with Gasteiger partial charge in [0.25, 0.3) is 0 Å². The second kappa shape index (κ2) is 9.21. The van der Waals surface area contributed by atoms with Crippen molar-refractivity contribution in [2.45, 2.75) is 6.42 Å². The Labute approximate surface area is 163 Å². The average molecular weight is 441 g/mol. The predicted molar refractivity (Wildman–Crippen MR) is 103 cm³/mol. The lowest BCUT2D eigenvalue weighted by atomic mass is 10.2. The summed E-state index contributed by atoms with van der Waals surface area (Å²) in [6, 6.07) is 9.69. The molecule has 0 saturated heterocycles. The first-order valence-corrected chi connectivity index (χ1v) is 8.50. The van der Waals surface area contributed by atoms with E-state index in [1.807, 2.05) is 0 Å². The topological polar surface area (TPSA) is 100 Å². The van der Waals surface area contributed by atoms with E-state index in [0.29, 0.717) is 20.7 Å². The molecule has 0 saturated carbocycles. The molecule has 0 radical (unpaired) electrons. The molecular weight excluding hydrogens is 426 g/mol. The first kappa shape index (κ1) is 19.7. The summed E-state index contributed by atoms with van der Waals surface area (Å²) in [7, 11) is 1.42. The molecular formula is C17H15BrClN3O4. The van der Waals surface area contributed by atoms with Crippen molar-refractivity contribution in [3.63, 3.8) is 0 Å². The van der Waals surface area contributed by atoms with Gasteiger partial charge in [0.2, 0.25) is 11.8 Å². The van der Waals surface area contributed by atoms with Gasteiger partial charge in [0.05, 0.1) is 13.3 Å². The Morgan fingerprint density at radius 1 is 1.27 bits per heavy atom. The number of nitrogens with zero attached hydrogens (tertiary/aromatic N) is 1. The van der Waals surface area contributed by atoms with Crippen LogP contribution in [-0.2, 0) is 9.59 Å². The number of nitrogens with one attached hydrogen (secondary N) is 2. The average Bonchev–Trinajstić information content (AvgIpc) is 2.59. The van der Waals surface area contributed by atoms with Gasteiger partial charge in [0.15, 0.2) is 11.5 Å². The molecule has 136 valence electrons. The number of carbonyl (C=O) groups is 2. The largest absolute Gasteiger partial charge is 0.504 e. The Bertz CT molecular complexity index is 841. The Morgan fingerprint density at radius 3 is 2.62 bits per heavy atom. The molecule has 0 fully saturated rings. The first-order valence-electron chi connectivity index (χ1n) is 7.33. The number of amides is 2. The van der Waals surface area contributed by atoms with Crippen LogP contribution in [0.5, 0.6) is 11.5 Å². The highest BCUT2D eigenvalue weighted by Crippen LogP contribution is 2.32. The number of benzene rings is 2. The van der Waals surface area contributed by atoms with Gasteiger partial charge >= 0.3 is 0 Å². The second-order valence-corrected chi connectivity index (χ2v) is 6.42. The zero-order valence-electron chi connectivity index (χ0n) is 13.6. The molecule has 0 unspecified atom stereocenters. The van der Waals surface area contributed by atoms with Gasteiger partial charge in [-0.05, 0) is 36.4 Å². The molecule has 0 spiro atoms. The molecule has 2 amide bonds. The highest BCUT2D eigenvalue weighted by atomic mass is 79.9. The Morgan fingerprint density at radius 2 is 1.96 bits per heavy atom. The minimum Gasteiger partial charge on any atom is -0.504 e. The van der Waals surface area contributed by atoms with E-state index in [4.69, 9.17) is 16.3 Å². The van der Waals surface area contributed by atoms with E-state index >= 15 is 0 Å².